The van der Waals surface area contributed by atoms with Crippen molar-refractivity contribution >= 4 is 12.0 Å². The molecule has 0 amide bonds. The van der Waals surface area contributed by atoms with Crippen molar-refractivity contribution in [3.63, 3.8) is 0 Å². The lowest BCUT2D eigenvalue weighted by Crippen LogP contribution is -2.37. The molecule has 1 rings (SSSR count). The number of carbonyl (C=O) groups excluding carboxylic acids is 1. The van der Waals surface area contributed by atoms with Crippen LogP contribution in [0.3, 0.4) is 0 Å². The van der Waals surface area contributed by atoms with Crippen LogP contribution in [0.4, 0.5) is 0 Å². The maximum Gasteiger partial charge on any atom is 0.160 e. The Hall–Kier alpha value is -1.12. The molecule has 1 aliphatic heterocycles. The van der Waals surface area contributed by atoms with Crippen LogP contribution in [0.5, 0.6) is 0 Å². The molecule has 0 saturated carbocycles. The van der Waals surface area contributed by atoms with Gasteiger partial charge in [0.05, 0.1) is 0 Å². The Labute approximate surface area is 66.4 Å². The Bertz CT molecular complexity index is 208. The van der Waals surface area contributed by atoms with E-state index in [-0.39, 0.29) is 11.8 Å². The van der Waals surface area contributed by atoms with Gasteiger partial charge in [-0.1, -0.05) is 6.92 Å². The van der Waals surface area contributed by atoms with Crippen LogP contribution in [0.15, 0.2) is 17.4 Å². The van der Waals surface area contributed by atoms with Gasteiger partial charge < -0.3 is 4.90 Å². The van der Waals surface area contributed by atoms with Crippen molar-refractivity contribution in [1.82, 2.24) is 4.90 Å². The summed E-state index contributed by atoms with van der Waals surface area (Å²) in [6, 6.07) is -0.148. The molecule has 1 unspecified atom stereocenters. The van der Waals surface area contributed by atoms with Crippen molar-refractivity contribution in [2.24, 2.45) is 4.99 Å². The van der Waals surface area contributed by atoms with Gasteiger partial charge in [-0.3, -0.25) is 9.79 Å². The van der Waals surface area contributed by atoms with E-state index >= 15 is 0 Å². The van der Waals surface area contributed by atoms with Gasteiger partial charge in [-0.25, -0.2) is 0 Å². The Kier molecular flexibility index (Phi) is 2.41. The third-order valence-electron chi connectivity index (χ3n) is 1.73. The van der Waals surface area contributed by atoms with Crippen LogP contribution in [0.1, 0.15) is 13.3 Å². The molecule has 0 spiro atoms. The van der Waals surface area contributed by atoms with E-state index in [9.17, 15) is 4.79 Å². The van der Waals surface area contributed by atoms with Crippen molar-refractivity contribution in [3.05, 3.63) is 12.4 Å². The molecule has 1 aliphatic rings. The quantitative estimate of drug-likeness (QED) is 0.587. The molecule has 0 saturated heterocycles. The third kappa shape index (κ3) is 1.67. The highest BCUT2D eigenvalue weighted by Gasteiger charge is 2.18. The number of Topliss-reactive ketones (excluding diaryl/α,β-unsaturated/α-hetero) is 1. The predicted octanol–water partition coefficient (Wildman–Crippen LogP) is 0.822. The van der Waals surface area contributed by atoms with E-state index in [0.717, 1.165) is 0 Å². The first-order valence-corrected chi connectivity index (χ1v) is 3.70. The summed E-state index contributed by atoms with van der Waals surface area (Å²) in [5.74, 6) is 0.209. The smallest absolute Gasteiger partial charge is 0.160 e. The number of rotatable bonds is 2. The van der Waals surface area contributed by atoms with Crippen molar-refractivity contribution < 1.29 is 4.79 Å². The van der Waals surface area contributed by atoms with E-state index in [1.807, 2.05) is 18.9 Å². The number of carbonyl (C=O) groups is 1. The van der Waals surface area contributed by atoms with Crippen LogP contribution in [0, 0.1) is 0 Å². The van der Waals surface area contributed by atoms with Gasteiger partial charge in [0, 0.05) is 32.1 Å². The van der Waals surface area contributed by atoms with Crippen LogP contribution in [0.25, 0.3) is 0 Å². The Balaban J connectivity index is 2.65. The fourth-order valence-corrected chi connectivity index (χ4v) is 0.992. The summed E-state index contributed by atoms with van der Waals surface area (Å²) in [5, 5.41) is 0. The molecule has 3 heteroatoms. The maximum absolute atomic E-state index is 11.2. The van der Waals surface area contributed by atoms with Gasteiger partial charge >= 0.3 is 0 Å². The summed E-state index contributed by atoms with van der Waals surface area (Å²) in [7, 11) is 1.87. The van der Waals surface area contributed by atoms with E-state index in [0.29, 0.717) is 6.42 Å². The molecule has 3 nitrogen and oxygen atoms in total. The van der Waals surface area contributed by atoms with Crippen molar-refractivity contribution in [1.29, 1.82) is 0 Å². The zero-order valence-corrected chi connectivity index (χ0v) is 6.82. The summed E-state index contributed by atoms with van der Waals surface area (Å²) in [6.07, 6.45) is 5.72. The average molecular weight is 152 g/mol. The van der Waals surface area contributed by atoms with Crippen LogP contribution >= 0.6 is 0 Å². The molecule has 1 heterocycles. The Morgan fingerprint density at radius 1 is 1.73 bits per heavy atom. The predicted molar refractivity (Wildman–Crippen MR) is 44.5 cm³/mol. The molecular weight excluding hydrogens is 140 g/mol. The fraction of sp³-hybridized carbons (Fsp3) is 0.500. The van der Waals surface area contributed by atoms with Crippen molar-refractivity contribution in [3.8, 4) is 0 Å². The van der Waals surface area contributed by atoms with Gasteiger partial charge in [0.2, 0.25) is 0 Å². The molecule has 0 aliphatic carbocycles. The van der Waals surface area contributed by atoms with E-state index in [4.69, 9.17) is 0 Å². The minimum atomic E-state index is -0.148. The lowest BCUT2D eigenvalue weighted by Gasteiger charge is -2.23. The number of ketones is 1. The second-order valence-corrected chi connectivity index (χ2v) is 2.53. The number of likely N-dealkylation sites (N-methyl/N-ethyl adjacent to an activating group) is 1. The molecule has 0 aromatic carbocycles. The number of nitrogens with zero attached hydrogens (tertiary/aromatic N) is 2. The second-order valence-electron chi connectivity index (χ2n) is 2.53. The number of hydrogen-bond acceptors (Lipinski definition) is 3. The van der Waals surface area contributed by atoms with Crippen LogP contribution in [-0.4, -0.2) is 30.0 Å². The SMILES string of the molecule is CCC(=O)C1C=NC=CN1C. The van der Waals surface area contributed by atoms with Crippen molar-refractivity contribution in [2.75, 3.05) is 7.05 Å². The Morgan fingerprint density at radius 3 is 3.00 bits per heavy atom. The first-order chi connectivity index (χ1) is 5.25. The second kappa shape index (κ2) is 3.32. The van der Waals surface area contributed by atoms with Crippen molar-refractivity contribution in [2.45, 2.75) is 19.4 Å². The molecule has 60 valence electrons. The zero-order chi connectivity index (χ0) is 8.27. The molecule has 0 radical (unpaired) electrons. The molecule has 1 atom stereocenters. The molecule has 0 aromatic rings. The summed E-state index contributed by atoms with van der Waals surface area (Å²) in [6.45, 7) is 1.86. The summed E-state index contributed by atoms with van der Waals surface area (Å²) >= 11 is 0. The molecule has 0 bridgehead atoms. The fourth-order valence-electron chi connectivity index (χ4n) is 0.992. The minimum Gasteiger partial charge on any atom is -0.365 e. The van der Waals surface area contributed by atoms with Gasteiger partial charge in [0.25, 0.3) is 0 Å². The van der Waals surface area contributed by atoms with Gasteiger partial charge in [0.1, 0.15) is 6.04 Å². The maximum atomic E-state index is 11.2. The molecule has 11 heavy (non-hydrogen) atoms. The van der Waals surface area contributed by atoms with Gasteiger partial charge in [0.15, 0.2) is 5.78 Å². The normalized spacial score (nSPS) is 22.4. The monoisotopic (exact) mass is 152 g/mol. The minimum absolute atomic E-state index is 0.148. The Morgan fingerprint density at radius 2 is 2.45 bits per heavy atom. The summed E-state index contributed by atoms with van der Waals surface area (Å²) in [5.41, 5.74) is 0. The average Bonchev–Trinajstić information content (AvgIpc) is 2.04. The lowest BCUT2D eigenvalue weighted by molar-refractivity contribution is -0.120. The number of hydrogen-bond donors (Lipinski definition) is 0. The summed E-state index contributed by atoms with van der Waals surface area (Å²) in [4.78, 5) is 17.0. The van der Waals surface area contributed by atoms with E-state index < -0.39 is 0 Å². The number of aliphatic imine (C=N–C) groups is 1. The third-order valence-corrected chi connectivity index (χ3v) is 1.73. The van der Waals surface area contributed by atoms with E-state index in [2.05, 4.69) is 4.99 Å². The first-order valence-electron chi connectivity index (χ1n) is 3.70. The highest BCUT2D eigenvalue weighted by Crippen LogP contribution is 2.03. The van der Waals surface area contributed by atoms with Gasteiger partial charge in [-0.2, -0.15) is 0 Å². The highest BCUT2D eigenvalue weighted by atomic mass is 16.1. The zero-order valence-electron chi connectivity index (χ0n) is 6.82. The topological polar surface area (TPSA) is 32.7 Å². The van der Waals surface area contributed by atoms with Crippen LogP contribution in [0.2, 0.25) is 0 Å². The molecule has 0 aromatic heterocycles. The molecule has 0 N–H and O–H groups in total. The first kappa shape index (κ1) is 7.98. The standard InChI is InChI=1S/C8H12N2O/c1-3-8(11)7-6-9-4-5-10(7)2/h4-7H,3H2,1-2H3. The van der Waals surface area contributed by atoms with E-state index in [1.165, 1.54) is 0 Å². The van der Waals surface area contributed by atoms with Crippen LogP contribution in [-0.2, 0) is 4.79 Å². The lowest BCUT2D eigenvalue weighted by atomic mass is 10.1. The van der Waals surface area contributed by atoms with E-state index in [1.54, 1.807) is 18.6 Å². The van der Waals surface area contributed by atoms with Gasteiger partial charge in [-0.15, -0.1) is 0 Å². The molecule has 0 fully saturated rings. The highest BCUT2D eigenvalue weighted by molar-refractivity contribution is 5.99. The van der Waals surface area contributed by atoms with Gasteiger partial charge in [-0.05, 0) is 0 Å². The largest absolute Gasteiger partial charge is 0.365 e. The summed E-state index contributed by atoms with van der Waals surface area (Å²) < 4.78 is 0. The molecular formula is C8H12N2O. The van der Waals surface area contributed by atoms with Crippen LogP contribution < -0.4 is 0 Å².